The molecule has 1 heterocycles. The third kappa shape index (κ3) is 2.31. The van der Waals surface area contributed by atoms with Crippen LogP contribution in [0.1, 0.15) is 17.2 Å². The first-order chi connectivity index (χ1) is 9.58. The molecule has 1 fully saturated rings. The molecule has 0 aromatic heterocycles. The lowest BCUT2D eigenvalue weighted by Crippen LogP contribution is -2.39. The zero-order valence-corrected chi connectivity index (χ0v) is 10.6. The largest absolute Gasteiger partial charge is 0.467 e. The second kappa shape index (κ2) is 5.40. The van der Waals surface area contributed by atoms with Crippen LogP contribution in [-0.4, -0.2) is 36.5 Å². The summed E-state index contributed by atoms with van der Waals surface area (Å²) in [5.74, 6) is -1.23. The Bertz CT molecular complexity index is 587. The maximum Gasteiger partial charge on any atom is 0.333 e. The van der Waals surface area contributed by atoms with Crippen molar-refractivity contribution in [2.24, 2.45) is 0 Å². The molecule has 1 atom stereocenters. The number of carbonyl (C=O) groups is 3. The number of ether oxygens (including phenoxy) is 1. The average Bonchev–Trinajstić information content (AvgIpc) is 2.80. The molecule has 7 nitrogen and oxygen atoms in total. The molecule has 20 heavy (non-hydrogen) atoms. The predicted octanol–water partition coefficient (Wildman–Crippen LogP) is 0.324. The zero-order valence-electron chi connectivity index (χ0n) is 10.6. The van der Waals surface area contributed by atoms with Crippen LogP contribution in [0.5, 0.6) is 0 Å². The van der Waals surface area contributed by atoms with Crippen molar-refractivity contribution in [2.45, 2.75) is 6.04 Å². The van der Waals surface area contributed by atoms with Crippen molar-refractivity contribution in [3.8, 4) is 6.07 Å². The fourth-order valence-corrected chi connectivity index (χ4v) is 1.94. The molecular weight excluding hydrogens is 262 g/mol. The van der Waals surface area contributed by atoms with E-state index in [0.29, 0.717) is 11.1 Å². The average molecular weight is 273 g/mol. The van der Waals surface area contributed by atoms with Crippen LogP contribution in [0.15, 0.2) is 24.3 Å². The Morgan fingerprint density at radius 3 is 2.50 bits per heavy atom. The van der Waals surface area contributed by atoms with Gasteiger partial charge in [0.05, 0.1) is 25.3 Å². The minimum absolute atomic E-state index is 0.150. The molecule has 7 heteroatoms. The summed E-state index contributed by atoms with van der Waals surface area (Å²) in [7, 11) is 1.18. The molecule has 1 aliphatic heterocycles. The summed E-state index contributed by atoms with van der Waals surface area (Å²) in [6.45, 7) is -0.150. The Morgan fingerprint density at radius 2 is 2.05 bits per heavy atom. The summed E-state index contributed by atoms with van der Waals surface area (Å²) in [6.07, 6.45) is 0. The first kappa shape index (κ1) is 13.5. The Kier molecular flexibility index (Phi) is 3.66. The fraction of sp³-hybridized carbons (Fsp3) is 0.231. The highest BCUT2D eigenvalue weighted by atomic mass is 16.5. The molecule has 0 radical (unpaired) electrons. The van der Waals surface area contributed by atoms with E-state index in [4.69, 9.17) is 5.26 Å². The minimum atomic E-state index is -1.15. The molecule has 1 aliphatic rings. The van der Waals surface area contributed by atoms with Gasteiger partial charge in [-0.2, -0.15) is 5.26 Å². The third-order valence-corrected chi connectivity index (χ3v) is 2.92. The van der Waals surface area contributed by atoms with Crippen LogP contribution < -0.4 is 5.32 Å². The summed E-state index contributed by atoms with van der Waals surface area (Å²) in [4.78, 5) is 36.1. The van der Waals surface area contributed by atoms with E-state index in [1.807, 2.05) is 6.07 Å². The molecule has 1 saturated heterocycles. The van der Waals surface area contributed by atoms with Crippen molar-refractivity contribution in [3.63, 3.8) is 0 Å². The number of benzene rings is 1. The number of carbonyl (C=O) groups excluding carboxylic acids is 3. The summed E-state index contributed by atoms with van der Waals surface area (Å²) in [6, 6.07) is 6.19. The Hall–Kier alpha value is -2.88. The molecule has 0 bridgehead atoms. The molecule has 3 amide bonds. The molecule has 102 valence electrons. The van der Waals surface area contributed by atoms with Crippen LogP contribution in [0.3, 0.4) is 0 Å². The van der Waals surface area contributed by atoms with E-state index in [1.165, 1.54) is 31.4 Å². The predicted molar refractivity (Wildman–Crippen MR) is 66.2 cm³/mol. The summed E-state index contributed by atoms with van der Waals surface area (Å²) in [5.41, 5.74) is 0.816. The number of amides is 3. The third-order valence-electron chi connectivity index (χ3n) is 2.92. The number of esters is 1. The smallest absolute Gasteiger partial charge is 0.333 e. The Morgan fingerprint density at radius 1 is 1.40 bits per heavy atom. The number of hydrogen-bond acceptors (Lipinski definition) is 5. The number of nitrogens with one attached hydrogen (secondary N) is 1. The van der Waals surface area contributed by atoms with Crippen LogP contribution in [-0.2, 0) is 14.3 Å². The summed E-state index contributed by atoms with van der Waals surface area (Å²) >= 11 is 0. The van der Waals surface area contributed by atoms with Crippen LogP contribution >= 0.6 is 0 Å². The zero-order chi connectivity index (χ0) is 14.7. The SMILES string of the molecule is COC(=O)C(c1ccc(C#N)cc1)N1C(=O)CNC1=O. The van der Waals surface area contributed by atoms with Gasteiger partial charge in [-0.15, -0.1) is 0 Å². The second-order valence-corrected chi connectivity index (χ2v) is 4.08. The van der Waals surface area contributed by atoms with E-state index in [-0.39, 0.29) is 6.54 Å². The number of nitrogens with zero attached hydrogens (tertiary/aromatic N) is 2. The number of hydrogen-bond donors (Lipinski definition) is 1. The van der Waals surface area contributed by atoms with Crippen molar-refractivity contribution < 1.29 is 19.1 Å². The van der Waals surface area contributed by atoms with Crippen molar-refractivity contribution in [1.29, 1.82) is 5.26 Å². The van der Waals surface area contributed by atoms with Crippen molar-refractivity contribution in [2.75, 3.05) is 13.7 Å². The van der Waals surface area contributed by atoms with Gasteiger partial charge in [0, 0.05) is 0 Å². The maximum atomic E-state index is 11.9. The lowest BCUT2D eigenvalue weighted by Gasteiger charge is -2.23. The lowest BCUT2D eigenvalue weighted by atomic mass is 10.0. The van der Waals surface area contributed by atoms with E-state index in [0.717, 1.165) is 4.90 Å². The van der Waals surface area contributed by atoms with E-state index >= 15 is 0 Å². The van der Waals surface area contributed by atoms with Crippen LogP contribution in [0.4, 0.5) is 4.79 Å². The molecule has 0 spiro atoms. The topological polar surface area (TPSA) is 99.5 Å². The maximum absolute atomic E-state index is 11.9. The van der Waals surface area contributed by atoms with Gasteiger partial charge < -0.3 is 10.1 Å². The number of nitriles is 1. The van der Waals surface area contributed by atoms with Crippen LogP contribution in [0.25, 0.3) is 0 Å². The normalized spacial score (nSPS) is 15.5. The first-order valence-corrected chi connectivity index (χ1v) is 5.76. The van der Waals surface area contributed by atoms with Gasteiger partial charge in [0.25, 0.3) is 5.91 Å². The van der Waals surface area contributed by atoms with E-state index in [2.05, 4.69) is 10.1 Å². The number of urea groups is 1. The highest BCUT2D eigenvalue weighted by Crippen LogP contribution is 2.24. The number of rotatable bonds is 3. The molecule has 0 aliphatic carbocycles. The Labute approximate surface area is 114 Å². The molecular formula is C13H11N3O4. The van der Waals surface area contributed by atoms with E-state index in [9.17, 15) is 14.4 Å². The van der Waals surface area contributed by atoms with Gasteiger partial charge in [0.15, 0.2) is 6.04 Å². The van der Waals surface area contributed by atoms with Gasteiger partial charge in [-0.05, 0) is 17.7 Å². The van der Waals surface area contributed by atoms with Gasteiger partial charge in [-0.25, -0.2) is 14.5 Å². The highest BCUT2D eigenvalue weighted by Gasteiger charge is 2.40. The van der Waals surface area contributed by atoms with Crippen molar-refractivity contribution in [3.05, 3.63) is 35.4 Å². The quantitative estimate of drug-likeness (QED) is 0.631. The van der Waals surface area contributed by atoms with Crippen molar-refractivity contribution >= 4 is 17.9 Å². The monoisotopic (exact) mass is 273 g/mol. The summed E-state index contributed by atoms with van der Waals surface area (Å²) < 4.78 is 4.65. The molecule has 1 aromatic rings. The minimum Gasteiger partial charge on any atom is -0.467 e. The van der Waals surface area contributed by atoms with Gasteiger partial charge >= 0.3 is 12.0 Å². The van der Waals surface area contributed by atoms with Crippen LogP contribution in [0.2, 0.25) is 0 Å². The molecule has 1 unspecified atom stereocenters. The van der Waals surface area contributed by atoms with E-state index in [1.54, 1.807) is 0 Å². The molecule has 2 rings (SSSR count). The van der Waals surface area contributed by atoms with Gasteiger partial charge in [0.2, 0.25) is 0 Å². The lowest BCUT2D eigenvalue weighted by molar-refractivity contribution is -0.149. The fourth-order valence-electron chi connectivity index (χ4n) is 1.94. The van der Waals surface area contributed by atoms with Gasteiger partial charge in [0.1, 0.15) is 0 Å². The van der Waals surface area contributed by atoms with Crippen LogP contribution in [0, 0.1) is 11.3 Å². The van der Waals surface area contributed by atoms with Gasteiger partial charge in [-0.1, -0.05) is 12.1 Å². The standard InChI is InChI=1S/C13H11N3O4/c1-20-12(18)11(16-10(17)7-15-13(16)19)9-4-2-8(6-14)3-5-9/h2-5,11H,7H2,1H3,(H,15,19). The van der Waals surface area contributed by atoms with E-state index < -0.39 is 23.9 Å². The van der Waals surface area contributed by atoms with Gasteiger partial charge in [-0.3, -0.25) is 4.79 Å². The molecule has 1 N–H and O–H groups in total. The highest BCUT2D eigenvalue weighted by molar-refractivity contribution is 6.05. The molecule has 1 aromatic carbocycles. The first-order valence-electron chi connectivity index (χ1n) is 5.76. The molecule has 0 saturated carbocycles. The Balaban J connectivity index is 2.42. The number of methoxy groups -OCH3 is 1. The number of imide groups is 1. The van der Waals surface area contributed by atoms with Crippen molar-refractivity contribution in [1.82, 2.24) is 10.2 Å². The summed E-state index contributed by atoms with van der Waals surface area (Å²) in [5, 5.41) is 11.1. The second-order valence-electron chi connectivity index (χ2n) is 4.08.